The van der Waals surface area contributed by atoms with Crippen molar-refractivity contribution in [3.8, 4) is 61.7 Å². The number of rotatable bonds is 6. The summed E-state index contributed by atoms with van der Waals surface area (Å²) < 4.78 is 15.7. The van der Waals surface area contributed by atoms with Crippen LogP contribution in [-0.2, 0) is 43.3 Å². The first-order chi connectivity index (χ1) is 59.9. The van der Waals surface area contributed by atoms with Gasteiger partial charge in [0, 0.05) is 108 Å². The monoisotopic (exact) mass is 1670 g/mol. The molecule has 1 spiro atoms. The topological polar surface area (TPSA) is 20.6 Å². The van der Waals surface area contributed by atoms with E-state index in [1.807, 2.05) is 22.7 Å². The van der Waals surface area contributed by atoms with Gasteiger partial charge in [-0.3, -0.25) is 0 Å². The van der Waals surface area contributed by atoms with Crippen LogP contribution in [-0.4, -0.2) is 11.3 Å². The molecule has 6 heterocycles. The summed E-state index contributed by atoms with van der Waals surface area (Å²) in [6.45, 7) is 50.4. The van der Waals surface area contributed by atoms with Crippen LogP contribution in [0.5, 0.6) is 11.5 Å². The van der Waals surface area contributed by atoms with Gasteiger partial charge in [0.1, 0.15) is 11.5 Å². The van der Waals surface area contributed by atoms with Gasteiger partial charge in [0.05, 0.1) is 27.8 Å². The van der Waals surface area contributed by atoms with Crippen molar-refractivity contribution in [3.05, 3.63) is 346 Å². The van der Waals surface area contributed by atoms with Gasteiger partial charge >= 0.3 is 0 Å². The molecule has 15 aromatic carbocycles. The fourth-order valence-corrected chi connectivity index (χ4v) is 24.4. The average Bonchev–Trinajstić information content (AvgIpc) is 1.26. The van der Waals surface area contributed by atoms with E-state index < -0.39 is 10.8 Å². The minimum Gasteiger partial charge on any atom is -0.457 e. The van der Waals surface area contributed by atoms with Crippen LogP contribution >= 0.6 is 22.7 Å². The zero-order valence-corrected chi connectivity index (χ0v) is 78.4. The van der Waals surface area contributed by atoms with Crippen LogP contribution in [0.15, 0.2) is 285 Å². The standard InChI is InChI=1S/C119H110BN3OS2/c1-112(2,3)73-55-71(56-74(60-73)113(4,5)6)85-65-91(117(16,17)18)110-105(83-42-28-35-49-103(83)125-110)108(85)122-97-64-78(121-95-47-33-27-41-81(95)82-53-51-70(59-96(82)121)69-37-23-22-24-38-69)52-54-93(97)120-94-67-90-102(124-101-48-34-32-46-89(101)119(90)87-44-30-25-39-79(87)80-40-26-31-45-88(80)119)68-98(94)123(100-63-77(116(13,14)15)62-99(122)107(100)120)109-86(72-57-75(114(7,8)9)61-76(58-72)115(10,11)12)66-92(118(19,20)21)111-106(109)84-43-29-36-50-104(84)126-111/h22-68H,1-21H3. The van der Waals surface area contributed by atoms with Crippen molar-refractivity contribution >= 4 is 142 Å². The molecule has 0 bridgehead atoms. The molecule has 3 aliphatic heterocycles. The normalized spacial score (nSPS) is 14.3. The molecule has 0 N–H and O–H groups in total. The Labute approximate surface area is 752 Å². The molecular weight excluding hydrogens is 1560 g/mol. The van der Waals surface area contributed by atoms with Gasteiger partial charge in [-0.25, -0.2) is 0 Å². The van der Waals surface area contributed by atoms with Crippen LogP contribution in [0, 0.1) is 0 Å². The number of hydrogen-bond acceptors (Lipinski definition) is 5. The number of fused-ring (bicyclic) bond motifs is 22. The molecule has 126 heavy (non-hydrogen) atoms. The van der Waals surface area contributed by atoms with Gasteiger partial charge in [0.2, 0.25) is 0 Å². The lowest BCUT2D eigenvalue weighted by atomic mass is 9.33. The van der Waals surface area contributed by atoms with Gasteiger partial charge in [-0.1, -0.05) is 358 Å². The molecule has 0 fully saturated rings. The number of hydrogen-bond donors (Lipinski definition) is 0. The maximum Gasteiger partial charge on any atom is 0.252 e. The Hall–Kier alpha value is -12.0. The highest BCUT2D eigenvalue weighted by atomic mass is 32.1. The Morgan fingerprint density at radius 1 is 0.286 bits per heavy atom. The van der Waals surface area contributed by atoms with E-state index in [0.29, 0.717) is 0 Å². The Kier molecular flexibility index (Phi) is 17.4. The number of para-hydroxylation sites is 2. The minimum absolute atomic E-state index is 0.192. The molecule has 622 valence electrons. The molecule has 1 aliphatic carbocycles. The Bertz CT molecular complexity index is 7570. The van der Waals surface area contributed by atoms with Crippen molar-refractivity contribution in [1.82, 2.24) is 4.57 Å². The first-order valence-corrected chi connectivity index (χ1v) is 47.0. The Balaban J connectivity index is 0.976. The second kappa shape index (κ2) is 27.5. The maximum absolute atomic E-state index is 7.93. The number of nitrogens with zero attached hydrogens (tertiary/aromatic N) is 3. The molecule has 0 atom stereocenters. The van der Waals surface area contributed by atoms with Crippen molar-refractivity contribution in [2.45, 2.75) is 189 Å². The minimum atomic E-state index is -0.797. The fourth-order valence-electron chi connectivity index (χ4n) is 21.5. The molecule has 22 rings (SSSR count). The summed E-state index contributed by atoms with van der Waals surface area (Å²) >= 11 is 3.92. The number of anilines is 6. The molecule has 0 amide bonds. The molecule has 4 aliphatic rings. The van der Waals surface area contributed by atoms with E-state index in [0.717, 1.165) is 62.1 Å². The lowest BCUT2D eigenvalue weighted by Crippen LogP contribution is -2.62. The summed E-state index contributed by atoms with van der Waals surface area (Å²) in [5, 5.41) is 7.45. The summed E-state index contributed by atoms with van der Waals surface area (Å²) in [6, 6.07) is 112. The molecule has 0 saturated heterocycles. The summed E-state index contributed by atoms with van der Waals surface area (Å²) in [6.07, 6.45) is 0. The molecule has 0 saturated carbocycles. The predicted octanol–water partition coefficient (Wildman–Crippen LogP) is 32.2. The van der Waals surface area contributed by atoms with Crippen LogP contribution in [0.1, 0.15) is 207 Å². The third-order valence-corrected chi connectivity index (χ3v) is 30.6. The van der Waals surface area contributed by atoms with Crippen molar-refractivity contribution in [1.29, 1.82) is 0 Å². The van der Waals surface area contributed by atoms with E-state index in [2.05, 4.69) is 445 Å². The Morgan fingerprint density at radius 3 is 1.23 bits per heavy atom. The van der Waals surface area contributed by atoms with Gasteiger partial charge in [-0.15, -0.1) is 22.7 Å². The van der Waals surface area contributed by atoms with Gasteiger partial charge in [0.25, 0.3) is 6.71 Å². The summed E-state index contributed by atoms with van der Waals surface area (Å²) in [5.74, 6) is 1.71. The highest BCUT2D eigenvalue weighted by Gasteiger charge is 2.54. The smallest absolute Gasteiger partial charge is 0.252 e. The maximum atomic E-state index is 7.93. The van der Waals surface area contributed by atoms with Crippen molar-refractivity contribution in [2.24, 2.45) is 0 Å². The molecule has 4 nitrogen and oxygen atoms in total. The number of aromatic nitrogens is 1. The average molecular weight is 1670 g/mol. The molecular formula is C119H110BN3OS2. The second-order valence-corrected chi connectivity index (χ2v) is 45.8. The van der Waals surface area contributed by atoms with Crippen LogP contribution in [0.3, 0.4) is 0 Å². The van der Waals surface area contributed by atoms with Gasteiger partial charge in [-0.05, 0) is 204 Å². The van der Waals surface area contributed by atoms with Crippen LogP contribution < -0.4 is 30.9 Å². The quantitative estimate of drug-likeness (QED) is 0.155. The molecule has 0 radical (unpaired) electrons. The number of benzene rings is 15. The lowest BCUT2D eigenvalue weighted by Gasteiger charge is -2.47. The third kappa shape index (κ3) is 12.1. The van der Waals surface area contributed by atoms with Gasteiger partial charge < -0.3 is 19.1 Å². The van der Waals surface area contributed by atoms with E-state index in [4.69, 9.17) is 4.74 Å². The van der Waals surface area contributed by atoms with E-state index in [1.165, 1.54) is 173 Å². The van der Waals surface area contributed by atoms with Gasteiger partial charge in [-0.2, -0.15) is 0 Å². The largest absolute Gasteiger partial charge is 0.457 e. The van der Waals surface area contributed by atoms with Crippen molar-refractivity contribution in [3.63, 3.8) is 0 Å². The summed E-state index contributed by atoms with van der Waals surface area (Å²) in [7, 11) is 0. The Morgan fingerprint density at radius 2 is 0.722 bits per heavy atom. The third-order valence-electron chi connectivity index (χ3n) is 28.2. The zero-order chi connectivity index (χ0) is 87.5. The first-order valence-electron chi connectivity index (χ1n) is 45.4. The van der Waals surface area contributed by atoms with E-state index in [1.54, 1.807) is 0 Å². The van der Waals surface area contributed by atoms with Crippen LogP contribution in [0.4, 0.5) is 34.1 Å². The second-order valence-electron chi connectivity index (χ2n) is 43.7. The number of thiophene rings is 2. The summed E-state index contributed by atoms with van der Waals surface area (Å²) in [5.41, 5.74) is 35.1. The molecule has 3 aromatic heterocycles. The summed E-state index contributed by atoms with van der Waals surface area (Å²) in [4.78, 5) is 5.70. The highest BCUT2D eigenvalue weighted by molar-refractivity contribution is 7.26. The van der Waals surface area contributed by atoms with Crippen LogP contribution in [0.25, 0.3) is 112 Å². The van der Waals surface area contributed by atoms with Crippen molar-refractivity contribution < 1.29 is 4.74 Å². The molecule has 18 aromatic rings. The number of ether oxygens (including phenoxy) is 1. The van der Waals surface area contributed by atoms with Gasteiger partial charge in [0.15, 0.2) is 0 Å². The fraction of sp³-hybridized carbons (Fsp3) is 0.244. The highest BCUT2D eigenvalue weighted by Crippen LogP contribution is 2.65. The molecule has 7 heteroatoms. The first kappa shape index (κ1) is 79.9. The SMILES string of the molecule is CC(C)(C)c1cc(-c2cc(C(C)(C)C)c3sc4ccccc4c3c2N2c3cc(-n4c5ccccc5c5ccc(-c6ccccc6)cc54)ccc3B3c4cc5c(cc4N(c4c(-c6cc(C(C)(C)C)cc(C(C)(C)C)c6)cc(C(C)(C)C)c6sc7ccccc7c46)c4cc(C(C)(C)C)cc2c43)Oc2ccccc2C52c3ccccc3-c3ccccc32)cc(C(C)(C)C)c1. The van der Waals surface area contributed by atoms with E-state index >= 15 is 0 Å². The predicted molar refractivity (Wildman–Crippen MR) is 545 cm³/mol. The zero-order valence-electron chi connectivity index (χ0n) is 76.8. The molecule has 0 unspecified atom stereocenters. The van der Waals surface area contributed by atoms with Crippen LogP contribution in [0.2, 0.25) is 0 Å². The van der Waals surface area contributed by atoms with E-state index in [-0.39, 0.29) is 39.2 Å². The lowest BCUT2D eigenvalue weighted by molar-refractivity contribution is 0.437. The van der Waals surface area contributed by atoms with Crippen molar-refractivity contribution in [2.75, 3.05) is 9.80 Å². The van der Waals surface area contributed by atoms with E-state index in [9.17, 15) is 0 Å².